The number of rotatable bonds is 3. The second-order valence-corrected chi connectivity index (χ2v) is 4.87. The van der Waals surface area contributed by atoms with Crippen molar-refractivity contribution in [1.82, 2.24) is 4.57 Å². The third-order valence-corrected chi connectivity index (χ3v) is 3.25. The van der Waals surface area contributed by atoms with E-state index in [1.54, 1.807) is 11.3 Å². The van der Waals surface area contributed by atoms with E-state index in [0.29, 0.717) is 5.92 Å². The van der Waals surface area contributed by atoms with Gasteiger partial charge < -0.3 is 9.67 Å². The predicted molar refractivity (Wildman–Crippen MR) is 60.6 cm³/mol. The van der Waals surface area contributed by atoms with E-state index >= 15 is 0 Å². The Morgan fingerprint density at radius 2 is 2.29 bits per heavy atom. The van der Waals surface area contributed by atoms with Crippen molar-refractivity contribution in [3.8, 4) is 0 Å². The van der Waals surface area contributed by atoms with Crippen molar-refractivity contribution in [1.29, 1.82) is 0 Å². The van der Waals surface area contributed by atoms with E-state index in [1.165, 1.54) is 10.2 Å². The molecule has 2 rings (SSSR count). The Morgan fingerprint density at radius 3 is 2.93 bits per heavy atom. The molecule has 0 aromatic carbocycles. The maximum atomic E-state index is 9.23. The van der Waals surface area contributed by atoms with Gasteiger partial charge in [-0.05, 0) is 23.4 Å². The Bertz CT molecular complexity index is 427. The summed E-state index contributed by atoms with van der Waals surface area (Å²) in [6.07, 6.45) is 0. The molecule has 0 saturated heterocycles. The summed E-state index contributed by atoms with van der Waals surface area (Å²) in [5.74, 6) is 0.609. The number of hydrogen-bond acceptors (Lipinski definition) is 2. The summed E-state index contributed by atoms with van der Waals surface area (Å²) in [7, 11) is 0. The molecule has 1 N–H and O–H groups in total. The van der Waals surface area contributed by atoms with Crippen LogP contribution < -0.4 is 0 Å². The van der Waals surface area contributed by atoms with E-state index in [9.17, 15) is 5.11 Å². The molecule has 2 heterocycles. The third kappa shape index (κ3) is 1.57. The number of hydrogen-bond donors (Lipinski definition) is 1. The lowest BCUT2D eigenvalue weighted by atomic mass is 10.2. The van der Waals surface area contributed by atoms with Crippen LogP contribution in [0.2, 0.25) is 0 Å². The van der Waals surface area contributed by atoms with Crippen molar-refractivity contribution >= 4 is 21.6 Å². The van der Waals surface area contributed by atoms with Crippen molar-refractivity contribution in [3.05, 3.63) is 23.2 Å². The highest BCUT2D eigenvalue weighted by molar-refractivity contribution is 7.16. The highest BCUT2D eigenvalue weighted by Gasteiger charge is 2.09. The molecule has 0 atom stereocenters. The fourth-order valence-corrected chi connectivity index (χ4v) is 2.65. The molecular formula is C11H15NOS. The van der Waals surface area contributed by atoms with Gasteiger partial charge in [0.1, 0.15) is 4.83 Å². The van der Waals surface area contributed by atoms with Gasteiger partial charge in [-0.25, -0.2) is 0 Å². The topological polar surface area (TPSA) is 25.2 Å². The summed E-state index contributed by atoms with van der Waals surface area (Å²) in [5, 5.41) is 12.6. The zero-order chi connectivity index (χ0) is 10.1. The molecule has 0 bridgehead atoms. The molecule has 0 unspecified atom stereocenters. The second kappa shape index (κ2) is 3.75. The zero-order valence-electron chi connectivity index (χ0n) is 8.53. The van der Waals surface area contributed by atoms with Crippen LogP contribution in [0.4, 0.5) is 0 Å². The van der Waals surface area contributed by atoms with Crippen molar-refractivity contribution in [3.63, 3.8) is 0 Å². The Morgan fingerprint density at radius 1 is 1.50 bits per heavy atom. The molecule has 2 aromatic heterocycles. The first-order valence-corrected chi connectivity index (χ1v) is 5.77. The van der Waals surface area contributed by atoms with Crippen LogP contribution in [-0.2, 0) is 13.2 Å². The molecule has 76 valence electrons. The lowest BCUT2D eigenvalue weighted by Gasteiger charge is -2.10. The molecule has 0 fully saturated rings. The summed E-state index contributed by atoms with van der Waals surface area (Å²) in [4.78, 5) is 1.28. The van der Waals surface area contributed by atoms with Crippen LogP contribution in [0.5, 0.6) is 0 Å². The number of nitrogens with zero attached hydrogens (tertiary/aromatic N) is 1. The minimum atomic E-state index is 0.133. The molecule has 14 heavy (non-hydrogen) atoms. The smallest absolute Gasteiger partial charge is 0.103 e. The summed E-state index contributed by atoms with van der Waals surface area (Å²) < 4.78 is 2.23. The molecule has 2 aromatic rings. The van der Waals surface area contributed by atoms with Crippen LogP contribution >= 0.6 is 11.3 Å². The monoisotopic (exact) mass is 209 g/mol. The van der Waals surface area contributed by atoms with E-state index < -0.39 is 0 Å². The molecular weight excluding hydrogens is 194 g/mol. The molecule has 0 aliphatic rings. The van der Waals surface area contributed by atoms with Crippen LogP contribution in [0.1, 0.15) is 19.5 Å². The van der Waals surface area contributed by atoms with Gasteiger partial charge in [0.25, 0.3) is 0 Å². The number of aliphatic hydroxyl groups is 1. The minimum absolute atomic E-state index is 0.133. The first kappa shape index (κ1) is 9.74. The van der Waals surface area contributed by atoms with Gasteiger partial charge in [-0.15, -0.1) is 11.3 Å². The lowest BCUT2D eigenvalue weighted by molar-refractivity contribution is 0.269. The van der Waals surface area contributed by atoms with Gasteiger partial charge in [0, 0.05) is 17.6 Å². The molecule has 3 heteroatoms. The molecule has 0 spiro atoms. The van der Waals surface area contributed by atoms with Crippen molar-refractivity contribution in [2.24, 2.45) is 5.92 Å². The van der Waals surface area contributed by atoms with E-state index in [0.717, 1.165) is 12.2 Å². The Balaban J connectivity index is 2.50. The number of aromatic nitrogens is 1. The average Bonchev–Trinajstić information content (AvgIpc) is 2.67. The molecule has 0 saturated carbocycles. The van der Waals surface area contributed by atoms with Gasteiger partial charge in [-0.3, -0.25) is 0 Å². The van der Waals surface area contributed by atoms with Crippen LogP contribution in [-0.4, -0.2) is 9.67 Å². The highest BCUT2D eigenvalue weighted by Crippen LogP contribution is 2.26. The van der Waals surface area contributed by atoms with Gasteiger partial charge in [-0.1, -0.05) is 13.8 Å². The molecule has 2 nitrogen and oxygen atoms in total. The normalized spacial score (nSPS) is 11.7. The van der Waals surface area contributed by atoms with Crippen molar-refractivity contribution < 1.29 is 5.11 Å². The summed E-state index contributed by atoms with van der Waals surface area (Å²) in [5.41, 5.74) is 1.03. The van der Waals surface area contributed by atoms with Crippen molar-refractivity contribution in [2.45, 2.75) is 27.0 Å². The van der Waals surface area contributed by atoms with Crippen LogP contribution in [0.25, 0.3) is 10.2 Å². The maximum Gasteiger partial charge on any atom is 0.103 e. The van der Waals surface area contributed by atoms with Gasteiger partial charge in [-0.2, -0.15) is 0 Å². The van der Waals surface area contributed by atoms with Crippen molar-refractivity contribution in [2.75, 3.05) is 0 Å². The molecule has 0 aliphatic carbocycles. The first-order valence-electron chi connectivity index (χ1n) is 4.89. The predicted octanol–water partition coefficient (Wildman–Crippen LogP) is 2.85. The van der Waals surface area contributed by atoms with Gasteiger partial charge in [0.05, 0.1) is 6.61 Å². The fourth-order valence-electron chi connectivity index (χ4n) is 1.72. The summed E-state index contributed by atoms with van der Waals surface area (Å²) in [6.45, 7) is 5.51. The largest absolute Gasteiger partial charge is 0.390 e. The Labute approximate surface area is 87.8 Å². The minimum Gasteiger partial charge on any atom is -0.390 e. The molecule has 0 amide bonds. The average molecular weight is 209 g/mol. The number of fused-ring (bicyclic) bond motifs is 1. The highest BCUT2D eigenvalue weighted by atomic mass is 32.1. The van der Waals surface area contributed by atoms with Gasteiger partial charge in [0.2, 0.25) is 0 Å². The second-order valence-electron chi connectivity index (χ2n) is 3.98. The zero-order valence-corrected chi connectivity index (χ0v) is 9.34. The SMILES string of the molecule is CC(C)Cn1c(CO)cc2ccsc21. The molecule has 0 radical (unpaired) electrons. The number of aliphatic hydroxyl groups excluding tert-OH is 1. The summed E-state index contributed by atoms with van der Waals surface area (Å²) >= 11 is 1.74. The molecule has 0 aliphatic heterocycles. The maximum absolute atomic E-state index is 9.23. The lowest BCUT2D eigenvalue weighted by Crippen LogP contribution is -2.07. The van der Waals surface area contributed by atoms with E-state index in [1.807, 2.05) is 0 Å². The Kier molecular flexibility index (Phi) is 2.61. The van der Waals surface area contributed by atoms with E-state index in [2.05, 4.69) is 35.9 Å². The van der Waals surface area contributed by atoms with E-state index in [-0.39, 0.29) is 6.61 Å². The standard InChI is InChI=1S/C11H15NOS/c1-8(2)6-12-10(7-13)5-9-3-4-14-11(9)12/h3-5,8,13H,6-7H2,1-2H3. The third-order valence-electron chi connectivity index (χ3n) is 2.30. The van der Waals surface area contributed by atoms with Gasteiger partial charge >= 0.3 is 0 Å². The van der Waals surface area contributed by atoms with E-state index in [4.69, 9.17) is 0 Å². The number of thiophene rings is 1. The van der Waals surface area contributed by atoms with Crippen LogP contribution in [0.15, 0.2) is 17.5 Å². The first-order chi connectivity index (χ1) is 6.72. The fraction of sp³-hybridized carbons (Fsp3) is 0.455. The van der Waals surface area contributed by atoms with Crippen LogP contribution in [0, 0.1) is 5.92 Å². The Hall–Kier alpha value is -0.800. The van der Waals surface area contributed by atoms with Crippen LogP contribution in [0.3, 0.4) is 0 Å². The summed E-state index contributed by atoms with van der Waals surface area (Å²) in [6, 6.07) is 4.18. The quantitative estimate of drug-likeness (QED) is 0.826. The van der Waals surface area contributed by atoms with Gasteiger partial charge in [0.15, 0.2) is 0 Å².